The molecule has 0 bridgehead atoms. The van der Waals surface area contributed by atoms with E-state index in [2.05, 4.69) is 25.7 Å². The third kappa shape index (κ3) is 3.69. The lowest BCUT2D eigenvalue weighted by atomic mass is 9.83. The molecule has 1 aromatic rings. The van der Waals surface area contributed by atoms with Gasteiger partial charge in [-0.25, -0.2) is 4.79 Å². The van der Waals surface area contributed by atoms with Gasteiger partial charge in [0.15, 0.2) is 5.43 Å². The molecule has 1 unspecified atom stereocenters. The summed E-state index contributed by atoms with van der Waals surface area (Å²) in [4.78, 5) is 26.4. The van der Waals surface area contributed by atoms with E-state index in [1.54, 1.807) is 0 Å². The van der Waals surface area contributed by atoms with Gasteiger partial charge in [0.2, 0.25) is 0 Å². The molecular formula is C23H28N2O5. The summed E-state index contributed by atoms with van der Waals surface area (Å²) in [6.45, 7) is 8.31. The van der Waals surface area contributed by atoms with E-state index < -0.39 is 11.4 Å². The number of carboxylic acid groups (broad SMARTS) is 1. The van der Waals surface area contributed by atoms with Crippen molar-refractivity contribution in [3.8, 4) is 0 Å². The Morgan fingerprint density at radius 3 is 2.63 bits per heavy atom. The number of rotatable bonds is 3. The highest BCUT2D eigenvalue weighted by molar-refractivity contribution is 5.87. The number of pyridine rings is 1. The molecule has 0 saturated carbocycles. The minimum atomic E-state index is -1.20. The Morgan fingerprint density at radius 2 is 2.03 bits per heavy atom. The number of allylic oxidation sites excluding steroid dienone is 4. The molecular weight excluding hydrogens is 384 g/mol. The van der Waals surface area contributed by atoms with E-state index in [1.807, 2.05) is 29.8 Å². The van der Waals surface area contributed by atoms with Crippen molar-refractivity contribution < 1.29 is 19.4 Å². The van der Waals surface area contributed by atoms with E-state index in [0.717, 1.165) is 22.7 Å². The van der Waals surface area contributed by atoms with Crippen LogP contribution >= 0.6 is 0 Å². The zero-order chi connectivity index (χ0) is 21.6. The molecule has 3 aliphatic rings. The van der Waals surface area contributed by atoms with Gasteiger partial charge in [0.1, 0.15) is 17.4 Å². The molecule has 7 heteroatoms. The summed E-state index contributed by atoms with van der Waals surface area (Å²) in [5.41, 5.74) is 1.92. The van der Waals surface area contributed by atoms with Gasteiger partial charge in [-0.05, 0) is 17.1 Å². The summed E-state index contributed by atoms with van der Waals surface area (Å²) in [6.07, 6.45) is 8.17. The van der Waals surface area contributed by atoms with Crippen LogP contribution < -0.4 is 5.43 Å². The molecule has 0 spiro atoms. The van der Waals surface area contributed by atoms with Crippen molar-refractivity contribution in [3.63, 3.8) is 0 Å². The standard InChI is InChI=1S/C23H28N2O5/c1-23(2,3)20-11-24(4)21(18-9-19(26)17(22(27)28)10-25(18)20)14-6-5-7-15(8-14)30-16-12-29-13-16/h5-7,9-10,16,20H,8,11-13H2,1-4H3,(H,27,28)/b21-14-. The summed E-state index contributed by atoms with van der Waals surface area (Å²) < 4.78 is 13.2. The second-order valence-corrected chi connectivity index (χ2v) is 9.23. The molecule has 160 valence electrons. The van der Waals surface area contributed by atoms with Crippen LogP contribution in [0.5, 0.6) is 0 Å². The molecule has 4 rings (SSSR count). The van der Waals surface area contributed by atoms with E-state index in [-0.39, 0.29) is 23.1 Å². The van der Waals surface area contributed by atoms with Gasteiger partial charge in [0, 0.05) is 32.3 Å². The number of carboxylic acids is 1. The molecule has 0 aromatic carbocycles. The van der Waals surface area contributed by atoms with E-state index in [9.17, 15) is 14.7 Å². The number of ether oxygens (including phenoxy) is 2. The number of hydrogen-bond acceptors (Lipinski definition) is 5. The predicted molar refractivity (Wildman–Crippen MR) is 113 cm³/mol. The lowest BCUT2D eigenvalue weighted by Crippen LogP contribution is -2.42. The largest absolute Gasteiger partial charge is 0.490 e. The van der Waals surface area contributed by atoms with Crippen LogP contribution in [0.1, 0.15) is 49.3 Å². The van der Waals surface area contributed by atoms with Crippen molar-refractivity contribution in [1.29, 1.82) is 0 Å². The van der Waals surface area contributed by atoms with Crippen LogP contribution in [0.4, 0.5) is 0 Å². The average Bonchev–Trinajstić information content (AvgIpc) is 2.63. The zero-order valence-electron chi connectivity index (χ0n) is 17.8. The molecule has 2 aliphatic heterocycles. The quantitative estimate of drug-likeness (QED) is 0.822. The lowest BCUT2D eigenvalue weighted by Gasteiger charge is -2.44. The Hall–Kier alpha value is -2.80. The maximum absolute atomic E-state index is 12.6. The summed E-state index contributed by atoms with van der Waals surface area (Å²) in [5.74, 6) is -0.328. The van der Waals surface area contributed by atoms with Gasteiger partial charge >= 0.3 is 5.97 Å². The summed E-state index contributed by atoms with van der Waals surface area (Å²) in [5, 5.41) is 9.49. The van der Waals surface area contributed by atoms with Crippen molar-refractivity contribution in [2.24, 2.45) is 5.41 Å². The fourth-order valence-corrected chi connectivity index (χ4v) is 4.21. The highest BCUT2D eigenvalue weighted by atomic mass is 16.6. The van der Waals surface area contributed by atoms with Gasteiger partial charge in [0.05, 0.1) is 30.6 Å². The maximum atomic E-state index is 12.6. The highest BCUT2D eigenvalue weighted by Crippen LogP contribution is 2.41. The Labute approximate surface area is 175 Å². The van der Waals surface area contributed by atoms with E-state index in [0.29, 0.717) is 26.2 Å². The predicted octanol–water partition coefficient (Wildman–Crippen LogP) is 3.05. The Morgan fingerprint density at radius 1 is 1.30 bits per heavy atom. The zero-order valence-corrected chi connectivity index (χ0v) is 17.8. The molecule has 1 fully saturated rings. The van der Waals surface area contributed by atoms with Gasteiger partial charge in [-0.1, -0.05) is 32.9 Å². The molecule has 1 saturated heterocycles. The third-order valence-electron chi connectivity index (χ3n) is 5.89. The number of hydrogen-bond donors (Lipinski definition) is 1. The van der Waals surface area contributed by atoms with Crippen molar-refractivity contribution in [2.75, 3.05) is 26.8 Å². The second-order valence-electron chi connectivity index (χ2n) is 9.23. The molecule has 0 radical (unpaired) electrons. The van der Waals surface area contributed by atoms with Crippen LogP contribution in [0.2, 0.25) is 0 Å². The minimum Gasteiger partial charge on any atom is -0.490 e. The first-order valence-corrected chi connectivity index (χ1v) is 10.2. The highest BCUT2D eigenvalue weighted by Gasteiger charge is 2.36. The van der Waals surface area contributed by atoms with Crippen molar-refractivity contribution in [3.05, 3.63) is 63.3 Å². The SMILES string of the molecule is CN1CC(C(C)(C)C)n2cc(C(=O)O)c(=O)cc2/C1=C1\C=CC=C(OC2COC2)C1. The van der Waals surface area contributed by atoms with Crippen LogP contribution in [-0.2, 0) is 9.47 Å². The maximum Gasteiger partial charge on any atom is 0.341 e. The number of carbonyl (C=O) groups is 1. The Balaban J connectivity index is 1.82. The van der Waals surface area contributed by atoms with Gasteiger partial charge in [-0.15, -0.1) is 0 Å². The lowest BCUT2D eigenvalue weighted by molar-refractivity contribution is -0.108. The first-order chi connectivity index (χ1) is 14.1. The van der Waals surface area contributed by atoms with Crippen LogP contribution in [0, 0.1) is 5.41 Å². The molecule has 30 heavy (non-hydrogen) atoms. The number of nitrogens with zero attached hydrogens (tertiary/aromatic N) is 2. The smallest absolute Gasteiger partial charge is 0.341 e. The van der Waals surface area contributed by atoms with Gasteiger partial charge in [-0.3, -0.25) is 4.79 Å². The molecule has 1 aliphatic carbocycles. The van der Waals surface area contributed by atoms with E-state index >= 15 is 0 Å². The number of likely N-dealkylation sites (N-methyl/N-ethyl adjacent to an activating group) is 1. The van der Waals surface area contributed by atoms with Crippen molar-refractivity contribution in [1.82, 2.24) is 9.47 Å². The van der Waals surface area contributed by atoms with Gasteiger partial charge in [0.25, 0.3) is 0 Å². The average molecular weight is 412 g/mol. The minimum absolute atomic E-state index is 0.0199. The first-order valence-electron chi connectivity index (χ1n) is 10.2. The number of aromatic carboxylic acids is 1. The topological polar surface area (TPSA) is 81.0 Å². The Kier molecular flexibility index (Phi) is 5.10. The number of fused-ring (bicyclic) bond motifs is 1. The van der Waals surface area contributed by atoms with Crippen molar-refractivity contribution in [2.45, 2.75) is 39.3 Å². The van der Waals surface area contributed by atoms with Crippen LogP contribution in [0.25, 0.3) is 5.70 Å². The van der Waals surface area contributed by atoms with Gasteiger partial charge in [-0.2, -0.15) is 0 Å². The van der Waals surface area contributed by atoms with E-state index in [1.165, 1.54) is 12.3 Å². The molecule has 1 N–H and O–H groups in total. The van der Waals surface area contributed by atoms with Crippen LogP contribution in [0.3, 0.4) is 0 Å². The fraction of sp³-hybridized carbons (Fsp3) is 0.478. The molecule has 1 aromatic heterocycles. The van der Waals surface area contributed by atoms with Crippen molar-refractivity contribution >= 4 is 11.7 Å². The Bertz CT molecular complexity index is 1020. The summed E-state index contributed by atoms with van der Waals surface area (Å²) in [6, 6.07) is 1.48. The second kappa shape index (κ2) is 7.47. The monoisotopic (exact) mass is 412 g/mol. The molecule has 7 nitrogen and oxygen atoms in total. The fourth-order valence-electron chi connectivity index (χ4n) is 4.21. The summed E-state index contributed by atoms with van der Waals surface area (Å²) in [7, 11) is 2.02. The molecule has 3 heterocycles. The molecule has 0 amide bonds. The molecule has 1 atom stereocenters. The van der Waals surface area contributed by atoms with E-state index in [4.69, 9.17) is 9.47 Å². The van der Waals surface area contributed by atoms with Crippen LogP contribution in [0.15, 0.2) is 46.6 Å². The van der Waals surface area contributed by atoms with Gasteiger partial charge < -0.3 is 24.0 Å². The number of aromatic nitrogens is 1. The third-order valence-corrected chi connectivity index (χ3v) is 5.89. The normalized spacial score (nSPS) is 24.2. The first kappa shape index (κ1) is 20.5. The van der Waals surface area contributed by atoms with Crippen LogP contribution in [-0.4, -0.2) is 53.5 Å². The summed E-state index contributed by atoms with van der Waals surface area (Å²) >= 11 is 0.